The number of fused-ring (bicyclic) bond motifs is 5. The molecule has 2 aromatic carbocycles. The maximum Gasteiger partial charge on any atom is 0.132 e. The average Bonchev–Trinajstić information content (AvgIpc) is 3.09. The van der Waals surface area contributed by atoms with Crippen LogP contribution in [0.5, 0.6) is 0 Å². The van der Waals surface area contributed by atoms with E-state index in [4.69, 9.17) is 4.74 Å². The van der Waals surface area contributed by atoms with E-state index in [0.29, 0.717) is 30.4 Å². The fraction of sp³-hybridized carbons (Fsp3) is 0.360. The minimum Gasteiger partial charge on any atom is -0.376 e. The molecule has 1 saturated carbocycles. The maximum absolute atomic E-state index is 14.3. The highest BCUT2D eigenvalue weighted by Crippen LogP contribution is 2.67. The Hall–Kier alpha value is -2.59. The van der Waals surface area contributed by atoms with Crippen molar-refractivity contribution in [3.05, 3.63) is 83.3 Å². The number of benzene rings is 2. The predicted molar refractivity (Wildman–Crippen MR) is 111 cm³/mol. The standard InChI is InChI=1S/C25H25FN2O/c1-24(2)20-12-13-25(24,16-29-15-17-8-4-3-5-9-17)23-19(20)14-22(27-28-23)18-10-6-7-11-21(18)26/h3-11,14,20H,12-13,15-16H2,1-2H3/t20-,25?/m1/s1. The van der Waals surface area contributed by atoms with Crippen LogP contribution in [-0.2, 0) is 16.8 Å². The molecule has 0 amide bonds. The first kappa shape index (κ1) is 18.4. The second-order valence-electron chi connectivity index (χ2n) is 8.89. The van der Waals surface area contributed by atoms with E-state index in [9.17, 15) is 4.39 Å². The molecule has 4 heteroatoms. The van der Waals surface area contributed by atoms with Gasteiger partial charge in [-0.05, 0) is 53.5 Å². The number of hydrogen-bond donors (Lipinski definition) is 0. The zero-order chi connectivity index (χ0) is 20.1. The van der Waals surface area contributed by atoms with E-state index in [-0.39, 0.29) is 16.6 Å². The summed E-state index contributed by atoms with van der Waals surface area (Å²) in [5.74, 6) is 0.143. The molecule has 3 nitrogen and oxygen atoms in total. The number of rotatable bonds is 5. The molecule has 0 spiro atoms. The molecule has 0 saturated heterocycles. The summed E-state index contributed by atoms with van der Waals surface area (Å²) in [6.07, 6.45) is 2.16. The normalized spacial score (nSPS) is 23.9. The summed E-state index contributed by atoms with van der Waals surface area (Å²) in [4.78, 5) is 0. The van der Waals surface area contributed by atoms with Crippen molar-refractivity contribution in [2.75, 3.05) is 6.61 Å². The van der Waals surface area contributed by atoms with Gasteiger partial charge in [0.25, 0.3) is 0 Å². The first-order valence-electron chi connectivity index (χ1n) is 10.3. The van der Waals surface area contributed by atoms with Gasteiger partial charge < -0.3 is 4.74 Å². The predicted octanol–water partition coefficient (Wildman–Crippen LogP) is 5.65. The van der Waals surface area contributed by atoms with E-state index in [0.717, 1.165) is 18.5 Å². The Kier molecular flexibility index (Phi) is 4.28. The van der Waals surface area contributed by atoms with Gasteiger partial charge in [-0.2, -0.15) is 10.2 Å². The van der Waals surface area contributed by atoms with Crippen LogP contribution in [0.4, 0.5) is 4.39 Å². The summed E-state index contributed by atoms with van der Waals surface area (Å²) in [5, 5.41) is 9.09. The molecule has 1 aromatic heterocycles. The Morgan fingerprint density at radius 2 is 1.79 bits per heavy atom. The van der Waals surface area contributed by atoms with Gasteiger partial charge in [-0.25, -0.2) is 4.39 Å². The van der Waals surface area contributed by atoms with E-state index in [1.54, 1.807) is 12.1 Å². The van der Waals surface area contributed by atoms with Crippen LogP contribution in [0.3, 0.4) is 0 Å². The minimum absolute atomic E-state index is 0.0363. The Morgan fingerprint density at radius 1 is 1.03 bits per heavy atom. The molecule has 2 aliphatic rings. The van der Waals surface area contributed by atoms with Gasteiger partial charge in [-0.3, -0.25) is 0 Å². The number of ether oxygens (including phenoxy) is 1. The third-order valence-corrected chi connectivity index (χ3v) is 7.23. The van der Waals surface area contributed by atoms with Gasteiger partial charge in [0.15, 0.2) is 0 Å². The van der Waals surface area contributed by atoms with Crippen LogP contribution in [0.15, 0.2) is 60.7 Å². The smallest absolute Gasteiger partial charge is 0.132 e. The van der Waals surface area contributed by atoms with Gasteiger partial charge in [0, 0.05) is 11.0 Å². The Morgan fingerprint density at radius 3 is 2.59 bits per heavy atom. The van der Waals surface area contributed by atoms with E-state index in [1.807, 2.05) is 24.3 Å². The van der Waals surface area contributed by atoms with Crippen molar-refractivity contribution < 1.29 is 9.13 Å². The molecule has 0 radical (unpaired) electrons. The van der Waals surface area contributed by atoms with Gasteiger partial charge in [0.1, 0.15) is 5.82 Å². The lowest BCUT2D eigenvalue weighted by Crippen LogP contribution is -2.40. The monoisotopic (exact) mass is 388 g/mol. The Bertz CT molecular complexity index is 1050. The molecule has 148 valence electrons. The van der Waals surface area contributed by atoms with Crippen molar-refractivity contribution in [2.24, 2.45) is 5.41 Å². The lowest BCUT2D eigenvalue weighted by atomic mass is 9.69. The molecule has 0 aliphatic heterocycles. The second-order valence-corrected chi connectivity index (χ2v) is 8.89. The number of hydrogen-bond acceptors (Lipinski definition) is 3. The molecule has 1 heterocycles. The van der Waals surface area contributed by atoms with Crippen molar-refractivity contribution in [1.82, 2.24) is 10.2 Å². The summed E-state index contributed by atoms with van der Waals surface area (Å²) >= 11 is 0. The van der Waals surface area contributed by atoms with Crippen LogP contribution in [0.1, 0.15) is 49.4 Å². The van der Waals surface area contributed by atoms with Gasteiger partial charge in [-0.15, -0.1) is 0 Å². The molecular formula is C25H25FN2O. The van der Waals surface area contributed by atoms with Crippen LogP contribution in [0, 0.1) is 11.2 Å². The fourth-order valence-electron chi connectivity index (χ4n) is 5.46. The van der Waals surface area contributed by atoms with Gasteiger partial charge >= 0.3 is 0 Å². The van der Waals surface area contributed by atoms with Crippen molar-refractivity contribution in [3.63, 3.8) is 0 Å². The SMILES string of the molecule is CC1(C)[C@@H]2CCC1(COCc1ccccc1)c1nnc(-c3ccccc3F)cc12. The van der Waals surface area contributed by atoms with Crippen LogP contribution in [-0.4, -0.2) is 16.8 Å². The Labute approximate surface area is 171 Å². The molecule has 29 heavy (non-hydrogen) atoms. The van der Waals surface area contributed by atoms with Gasteiger partial charge in [0.05, 0.1) is 24.6 Å². The summed E-state index contributed by atoms with van der Waals surface area (Å²) in [6, 6.07) is 19.1. The summed E-state index contributed by atoms with van der Waals surface area (Å²) in [6.45, 7) is 5.87. The molecule has 1 fully saturated rings. The molecule has 3 aromatic rings. The molecular weight excluding hydrogens is 363 g/mol. The molecule has 2 bridgehead atoms. The minimum atomic E-state index is -0.259. The molecule has 2 atom stereocenters. The topological polar surface area (TPSA) is 35.0 Å². The van der Waals surface area contributed by atoms with Crippen LogP contribution < -0.4 is 0 Å². The summed E-state index contributed by atoms with van der Waals surface area (Å²) < 4.78 is 20.5. The van der Waals surface area contributed by atoms with Crippen molar-refractivity contribution >= 4 is 0 Å². The van der Waals surface area contributed by atoms with Crippen molar-refractivity contribution in [3.8, 4) is 11.3 Å². The van der Waals surface area contributed by atoms with Crippen LogP contribution >= 0.6 is 0 Å². The zero-order valence-corrected chi connectivity index (χ0v) is 16.9. The molecule has 5 rings (SSSR count). The van der Waals surface area contributed by atoms with E-state index < -0.39 is 0 Å². The lowest BCUT2D eigenvalue weighted by Gasteiger charge is -2.37. The Balaban J connectivity index is 1.48. The second kappa shape index (κ2) is 6.74. The van der Waals surface area contributed by atoms with E-state index in [1.165, 1.54) is 17.2 Å². The number of halogens is 1. The van der Waals surface area contributed by atoms with Gasteiger partial charge in [0.2, 0.25) is 0 Å². The summed E-state index contributed by atoms with van der Waals surface area (Å²) in [5.41, 5.74) is 4.47. The van der Waals surface area contributed by atoms with Crippen LogP contribution in [0.2, 0.25) is 0 Å². The highest BCUT2D eigenvalue weighted by atomic mass is 19.1. The molecule has 1 unspecified atom stereocenters. The van der Waals surface area contributed by atoms with Crippen LogP contribution in [0.25, 0.3) is 11.3 Å². The lowest BCUT2D eigenvalue weighted by molar-refractivity contribution is 0.0309. The third-order valence-electron chi connectivity index (χ3n) is 7.23. The zero-order valence-electron chi connectivity index (χ0n) is 16.9. The fourth-order valence-corrected chi connectivity index (χ4v) is 5.46. The molecule has 0 N–H and O–H groups in total. The molecule has 2 aliphatic carbocycles. The first-order chi connectivity index (χ1) is 14.0. The number of aromatic nitrogens is 2. The first-order valence-corrected chi connectivity index (χ1v) is 10.3. The van der Waals surface area contributed by atoms with E-state index >= 15 is 0 Å². The highest BCUT2D eigenvalue weighted by molar-refractivity contribution is 5.62. The quantitative estimate of drug-likeness (QED) is 0.566. The van der Waals surface area contributed by atoms with Gasteiger partial charge in [-0.1, -0.05) is 56.3 Å². The average molecular weight is 388 g/mol. The summed E-state index contributed by atoms with van der Waals surface area (Å²) in [7, 11) is 0. The van der Waals surface area contributed by atoms with E-state index in [2.05, 4.69) is 42.2 Å². The third kappa shape index (κ3) is 2.73. The van der Waals surface area contributed by atoms with Crippen molar-refractivity contribution in [2.45, 2.75) is 44.6 Å². The van der Waals surface area contributed by atoms with Crippen molar-refractivity contribution in [1.29, 1.82) is 0 Å². The largest absolute Gasteiger partial charge is 0.376 e. The highest BCUT2D eigenvalue weighted by Gasteiger charge is 2.63. The maximum atomic E-state index is 14.3. The number of nitrogens with zero attached hydrogens (tertiary/aromatic N) is 2.